The monoisotopic (exact) mass is 581 g/mol. The maximum absolute atomic E-state index is 14.1. The first-order valence-electron chi connectivity index (χ1n) is 13.5. The zero-order valence-electron chi connectivity index (χ0n) is 24.5. The van der Waals surface area contributed by atoms with E-state index >= 15 is 0 Å². The molecule has 0 bridgehead atoms. The van der Waals surface area contributed by atoms with Crippen LogP contribution in [0.15, 0.2) is 77.7 Å². The third-order valence-corrected chi connectivity index (χ3v) is 8.37. The summed E-state index contributed by atoms with van der Waals surface area (Å²) in [5, 5.41) is 2.89. The summed E-state index contributed by atoms with van der Waals surface area (Å²) in [7, 11) is -1.10. The predicted molar refractivity (Wildman–Crippen MR) is 160 cm³/mol. The van der Waals surface area contributed by atoms with Crippen molar-refractivity contribution in [3.8, 4) is 11.5 Å². The van der Waals surface area contributed by atoms with E-state index in [2.05, 4.69) is 5.32 Å². The molecule has 1 atom stereocenters. The highest BCUT2D eigenvalue weighted by Gasteiger charge is 2.33. The van der Waals surface area contributed by atoms with Gasteiger partial charge in [0.25, 0.3) is 10.0 Å². The molecule has 0 saturated heterocycles. The number of ether oxygens (including phenoxy) is 2. The second-order valence-corrected chi connectivity index (χ2v) is 11.8. The lowest BCUT2D eigenvalue weighted by molar-refractivity contribution is -0.140. The summed E-state index contributed by atoms with van der Waals surface area (Å²) in [4.78, 5) is 28.8. The third kappa shape index (κ3) is 8.00. The molecule has 0 unspecified atom stereocenters. The Morgan fingerprint density at radius 2 is 1.39 bits per heavy atom. The van der Waals surface area contributed by atoms with Crippen molar-refractivity contribution >= 4 is 27.5 Å². The van der Waals surface area contributed by atoms with Crippen LogP contribution in [-0.2, 0) is 26.2 Å². The molecule has 3 rings (SSSR count). The lowest BCUT2D eigenvalue weighted by atomic mass is 10.1. The van der Waals surface area contributed by atoms with Crippen molar-refractivity contribution < 1.29 is 27.5 Å². The van der Waals surface area contributed by atoms with E-state index in [1.165, 1.54) is 24.1 Å². The Hall–Kier alpha value is -4.05. The highest BCUT2D eigenvalue weighted by Crippen LogP contribution is 2.26. The summed E-state index contributed by atoms with van der Waals surface area (Å²) >= 11 is 0. The van der Waals surface area contributed by atoms with Gasteiger partial charge in [0.05, 0.1) is 24.8 Å². The zero-order valence-corrected chi connectivity index (χ0v) is 25.3. The fourth-order valence-electron chi connectivity index (χ4n) is 4.34. The number of aryl methyl sites for hydroxylation is 1. The minimum Gasteiger partial charge on any atom is -0.497 e. The van der Waals surface area contributed by atoms with E-state index in [-0.39, 0.29) is 23.4 Å². The number of methoxy groups -OCH3 is 2. The van der Waals surface area contributed by atoms with E-state index in [1.54, 1.807) is 55.6 Å². The van der Waals surface area contributed by atoms with Crippen molar-refractivity contribution in [3.63, 3.8) is 0 Å². The molecule has 0 heterocycles. The molecule has 10 heteroatoms. The van der Waals surface area contributed by atoms with Gasteiger partial charge in [-0.25, -0.2) is 8.42 Å². The SMILES string of the molecule is CC[C@H](C(=O)NC(C)C)N(Cc1ccc(OC)cc1)C(=O)CN(c1ccc(C)cc1)S(=O)(=O)c1ccc(OC)cc1. The van der Waals surface area contributed by atoms with E-state index in [1.807, 2.05) is 39.8 Å². The van der Waals surface area contributed by atoms with E-state index < -0.39 is 28.5 Å². The third-order valence-electron chi connectivity index (χ3n) is 6.58. The van der Waals surface area contributed by atoms with Gasteiger partial charge in [-0.3, -0.25) is 13.9 Å². The normalized spacial score (nSPS) is 12.0. The summed E-state index contributed by atoms with van der Waals surface area (Å²) in [6, 6.07) is 19.2. The quantitative estimate of drug-likeness (QED) is 0.318. The maximum atomic E-state index is 14.1. The summed E-state index contributed by atoms with van der Waals surface area (Å²) in [6.07, 6.45) is 0.343. The first kappa shape index (κ1) is 31.5. The molecule has 220 valence electrons. The van der Waals surface area contributed by atoms with Gasteiger partial charge in [0.1, 0.15) is 24.1 Å². The van der Waals surface area contributed by atoms with Crippen molar-refractivity contribution in [3.05, 3.63) is 83.9 Å². The van der Waals surface area contributed by atoms with Crippen LogP contribution in [0.25, 0.3) is 0 Å². The Kier molecular flexibility index (Phi) is 10.8. The second kappa shape index (κ2) is 14.0. The van der Waals surface area contributed by atoms with Crippen molar-refractivity contribution in [2.24, 2.45) is 0 Å². The van der Waals surface area contributed by atoms with Gasteiger partial charge in [-0.05, 0) is 81.3 Å². The number of amides is 2. The molecular weight excluding hydrogens is 542 g/mol. The minimum atomic E-state index is -4.16. The van der Waals surface area contributed by atoms with Crippen molar-refractivity contribution in [1.29, 1.82) is 0 Å². The average Bonchev–Trinajstić information content (AvgIpc) is 2.96. The van der Waals surface area contributed by atoms with Crippen molar-refractivity contribution in [2.75, 3.05) is 25.1 Å². The van der Waals surface area contributed by atoms with E-state index in [4.69, 9.17) is 9.47 Å². The number of sulfonamides is 1. The molecule has 0 radical (unpaired) electrons. The summed E-state index contributed by atoms with van der Waals surface area (Å²) in [6.45, 7) is 7.02. The smallest absolute Gasteiger partial charge is 0.264 e. The Morgan fingerprint density at radius 1 is 0.854 bits per heavy atom. The van der Waals surface area contributed by atoms with Crippen LogP contribution >= 0.6 is 0 Å². The highest BCUT2D eigenvalue weighted by molar-refractivity contribution is 7.92. The van der Waals surface area contributed by atoms with Gasteiger partial charge in [-0.2, -0.15) is 0 Å². The lowest BCUT2D eigenvalue weighted by Crippen LogP contribution is -2.53. The Bertz CT molecular complexity index is 1410. The maximum Gasteiger partial charge on any atom is 0.264 e. The second-order valence-electron chi connectivity index (χ2n) is 9.98. The molecular formula is C31H39N3O6S. The van der Waals surface area contributed by atoms with Crippen LogP contribution in [0.3, 0.4) is 0 Å². The van der Waals surface area contributed by atoms with Gasteiger partial charge in [-0.15, -0.1) is 0 Å². The van der Waals surface area contributed by atoms with Crippen LogP contribution < -0.4 is 19.1 Å². The molecule has 0 spiro atoms. The predicted octanol–water partition coefficient (Wildman–Crippen LogP) is 4.54. The standard InChI is InChI=1S/C31H39N3O6S/c1-7-29(31(36)32-22(2)3)33(20-24-10-14-26(39-5)15-11-24)30(35)21-34(25-12-8-23(4)9-13-25)41(37,38)28-18-16-27(40-6)17-19-28/h8-19,22,29H,7,20-21H2,1-6H3,(H,32,36)/t29-/m1/s1. The summed E-state index contributed by atoms with van der Waals surface area (Å²) in [5.74, 6) is 0.357. The van der Waals surface area contributed by atoms with Crippen LogP contribution in [-0.4, -0.2) is 58.0 Å². The van der Waals surface area contributed by atoms with E-state index in [0.29, 0.717) is 23.6 Å². The molecule has 3 aromatic rings. The molecule has 3 aromatic carbocycles. The number of benzene rings is 3. The van der Waals surface area contributed by atoms with E-state index in [9.17, 15) is 18.0 Å². The molecule has 1 N–H and O–H groups in total. The number of carbonyl (C=O) groups is 2. The number of nitrogens with zero attached hydrogens (tertiary/aromatic N) is 2. The van der Waals surface area contributed by atoms with Gasteiger partial charge in [0.15, 0.2) is 0 Å². The van der Waals surface area contributed by atoms with Crippen molar-refractivity contribution in [2.45, 2.75) is 57.6 Å². The van der Waals surface area contributed by atoms with Gasteiger partial charge in [-0.1, -0.05) is 36.8 Å². The number of hydrogen-bond donors (Lipinski definition) is 1. The topological polar surface area (TPSA) is 105 Å². The highest BCUT2D eigenvalue weighted by atomic mass is 32.2. The van der Waals surface area contributed by atoms with Gasteiger partial charge in [0.2, 0.25) is 11.8 Å². The molecule has 0 aromatic heterocycles. The average molecular weight is 582 g/mol. The Labute approximate surface area is 243 Å². The largest absolute Gasteiger partial charge is 0.497 e. The summed E-state index contributed by atoms with van der Waals surface area (Å²) in [5.41, 5.74) is 2.05. The number of rotatable bonds is 13. The number of carbonyl (C=O) groups excluding carboxylic acids is 2. The molecule has 0 aliphatic carbocycles. The minimum absolute atomic E-state index is 0.0120. The molecule has 0 aliphatic rings. The Balaban J connectivity index is 2.05. The number of anilines is 1. The van der Waals surface area contributed by atoms with Crippen molar-refractivity contribution in [1.82, 2.24) is 10.2 Å². The fourth-order valence-corrected chi connectivity index (χ4v) is 5.76. The van der Waals surface area contributed by atoms with Crippen LogP contribution in [0.1, 0.15) is 38.3 Å². The van der Waals surface area contributed by atoms with Gasteiger partial charge < -0.3 is 19.7 Å². The van der Waals surface area contributed by atoms with Crippen LogP contribution in [0.2, 0.25) is 0 Å². The molecule has 9 nitrogen and oxygen atoms in total. The van der Waals surface area contributed by atoms with Gasteiger partial charge in [0, 0.05) is 12.6 Å². The van der Waals surface area contributed by atoms with Crippen LogP contribution in [0, 0.1) is 6.92 Å². The molecule has 2 amide bonds. The number of hydrogen-bond acceptors (Lipinski definition) is 6. The first-order valence-corrected chi connectivity index (χ1v) is 14.9. The van der Waals surface area contributed by atoms with Crippen LogP contribution in [0.5, 0.6) is 11.5 Å². The summed E-state index contributed by atoms with van der Waals surface area (Å²) < 4.78 is 39.4. The fraction of sp³-hybridized carbons (Fsp3) is 0.355. The van der Waals surface area contributed by atoms with Gasteiger partial charge >= 0.3 is 0 Å². The molecule has 41 heavy (non-hydrogen) atoms. The lowest BCUT2D eigenvalue weighted by Gasteiger charge is -2.33. The molecule has 0 fully saturated rings. The molecule has 0 aliphatic heterocycles. The number of nitrogens with one attached hydrogen (secondary N) is 1. The Morgan fingerprint density at radius 3 is 1.88 bits per heavy atom. The van der Waals surface area contributed by atoms with E-state index in [0.717, 1.165) is 15.4 Å². The van der Waals surface area contributed by atoms with Crippen LogP contribution in [0.4, 0.5) is 5.69 Å². The first-order chi connectivity index (χ1) is 19.5. The zero-order chi connectivity index (χ0) is 30.2. The molecule has 0 saturated carbocycles.